The van der Waals surface area contributed by atoms with Gasteiger partial charge in [-0.1, -0.05) is 32.6 Å². The summed E-state index contributed by atoms with van der Waals surface area (Å²) < 4.78 is 27.3. The molecule has 5 heteroatoms. The third-order valence-electron chi connectivity index (χ3n) is 6.75. The Morgan fingerprint density at radius 2 is 1.58 bits per heavy atom. The van der Waals surface area contributed by atoms with E-state index in [1.54, 1.807) is 0 Å². The summed E-state index contributed by atoms with van der Waals surface area (Å²) in [7, 11) is 0. The van der Waals surface area contributed by atoms with Gasteiger partial charge in [-0.3, -0.25) is 10.1 Å². The number of nitrogens with zero attached hydrogens (tertiary/aromatic N) is 1. The number of nitro benzene ring substituents is 1. The lowest BCUT2D eigenvalue weighted by molar-refractivity contribution is -0.388. The van der Waals surface area contributed by atoms with Crippen LogP contribution in [0.1, 0.15) is 82.6 Å². The lowest BCUT2D eigenvalue weighted by Gasteiger charge is -2.38. The summed E-state index contributed by atoms with van der Waals surface area (Å²) in [4.78, 5) is 10.5. The molecule has 3 rings (SSSR count). The molecule has 26 heavy (non-hydrogen) atoms. The maximum atomic E-state index is 13.9. The maximum Gasteiger partial charge on any atom is 0.311 e. The Labute approximate surface area is 154 Å². The van der Waals surface area contributed by atoms with E-state index >= 15 is 0 Å². The van der Waals surface area contributed by atoms with Gasteiger partial charge >= 0.3 is 5.69 Å². The monoisotopic (exact) mass is 365 g/mol. The van der Waals surface area contributed by atoms with Crippen molar-refractivity contribution in [2.75, 3.05) is 0 Å². The molecule has 1 aromatic carbocycles. The van der Waals surface area contributed by atoms with Crippen molar-refractivity contribution in [1.82, 2.24) is 0 Å². The molecule has 0 heterocycles. The van der Waals surface area contributed by atoms with Crippen LogP contribution in [0.15, 0.2) is 12.1 Å². The Kier molecular flexibility index (Phi) is 6.25. The van der Waals surface area contributed by atoms with Gasteiger partial charge in [0, 0.05) is 5.56 Å². The Morgan fingerprint density at radius 3 is 2.12 bits per heavy atom. The quantitative estimate of drug-likeness (QED) is 0.428. The molecule has 2 saturated carbocycles. The fraction of sp³-hybridized carbons (Fsp3) is 0.714. The van der Waals surface area contributed by atoms with Crippen molar-refractivity contribution >= 4 is 5.69 Å². The Hall–Kier alpha value is -1.52. The number of hydrogen-bond acceptors (Lipinski definition) is 2. The molecule has 2 fully saturated rings. The van der Waals surface area contributed by atoms with Gasteiger partial charge in [0.2, 0.25) is 5.82 Å². The van der Waals surface area contributed by atoms with E-state index in [1.807, 2.05) is 0 Å². The van der Waals surface area contributed by atoms with Crippen molar-refractivity contribution in [3.05, 3.63) is 39.4 Å². The molecule has 144 valence electrons. The van der Waals surface area contributed by atoms with Gasteiger partial charge in [-0.2, -0.15) is 4.39 Å². The number of nitro groups is 1. The molecule has 2 aliphatic rings. The number of hydrogen-bond donors (Lipinski definition) is 0. The topological polar surface area (TPSA) is 43.1 Å². The second-order valence-electron chi connectivity index (χ2n) is 8.24. The zero-order chi connectivity index (χ0) is 18.7. The lowest BCUT2D eigenvalue weighted by atomic mass is 9.68. The molecule has 3 nitrogen and oxygen atoms in total. The average molecular weight is 365 g/mol. The molecule has 0 aliphatic heterocycles. The molecule has 0 amide bonds. The van der Waals surface area contributed by atoms with Crippen LogP contribution in [0, 0.1) is 39.5 Å². The smallest absolute Gasteiger partial charge is 0.258 e. The Balaban J connectivity index is 1.61. The third-order valence-corrected chi connectivity index (χ3v) is 6.75. The fourth-order valence-corrected chi connectivity index (χ4v) is 5.33. The van der Waals surface area contributed by atoms with Gasteiger partial charge < -0.3 is 0 Å². The molecule has 0 N–H and O–H groups in total. The van der Waals surface area contributed by atoms with Crippen LogP contribution in [-0.2, 0) is 0 Å². The highest BCUT2D eigenvalue weighted by Crippen LogP contribution is 2.46. The number of halogens is 2. The van der Waals surface area contributed by atoms with Crippen molar-refractivity contribution in [2.24, 2.45) is 17.8 Å². The van der Waals surface area contributed by atoms with E-state index in [1.165, 1.54) is 44.6 Å². The largest absolute Gasteiger partial charge is 0.311 e. The first kappa shape index (κ1) is 19.2. The lowest BCUT2D eigenvalue weighted by Crippen LogP contribution is -2.25. The van der Waals surface area contributed by atoms with Gasteiger partial charge in [-0.25, -0.2) is 4.39 Å². The van der Waals surface area contributed by atoms with E-state index in [0.717, 1.165) is 43.6 Å². The highest BCUT2D eigenvalue weighted by atomic mass is 19.2. The highest BCUT2D eigenvalue weighted by molar-refractivity contribution is 5.44. The fourth-order valence-electron chi connectivity index (χ4n) is 5.33. The van der Waals surface area contributed by atoms with E-state index in [-0.39, 0.29) is 5.92 Å². The van der Waals surface area contributed by atoms with Crippen LogP contribution < -0.4 is 0 Å². The predicted octanol–water partition coefficient (Wildman–Crippen LogP) is 6.75. The van der Waals surface area contributed by atoms with Crippen LogP contribution in [0.3, 0.4) is 0 Å². The summed E-state index contributed by atoms with van der Waals surface area (Å²) in [5.74, 6) is -0.111. The van der Waals surface area contributed by atoms with Crippen LogP contribution in [-0.4, -0.2) is 4.92 Å². The van der Waals surface area contributed by atoms with Crippen LogP contribution >= 0.6 is 0 Å². The average Bonchev–Trinajstić information content (AvgIpc) is 2.64. The normalized spacial score (nSPS) is 29.5. The van der Waals surface area contributed by atoms with Crippen LogP contribution in [0.25, 0.3) is 0 Å². The minimum atomic E-state index is -1.32. The standard InChI is InChI=1S/C21H29F2NO2/c1-2-3-14-4-6-15(7-5-14)16-8-10-17(11-9-16)18-12-13-19(22)20(23)21(18)24(25)26/h12-17H,2-11H2,1H3/t14-,15-,16-,17-. The molecular formula is C21H29F2NO2. The molecule has 0 unspecified atom stereocenters. The zero-order valence-electron chi connectivity index (χ0n) is 15.6. The van der Waals surface area contributed by atoms with Gasteiger partial charge in [-0.15, -0.1) is 0 Å². The first-order chi connectivity index (χ1) is 12.5. The van der Waals surface area contributed by atoms with Gasteiger partial charge in [-0.05, 0) is 74.3 Å². The summed E-state index contributed by atoms with van der Waals surface area (Å²) in [6.45, 7) is 2.25. The summed E-state index contributed by atoms with van der Waals surface area (Å²) >= 11 is 0. The van der Waals surface area contributed by atoms with E-state index in [4.69, 9.17) is 0 Å². The maximum absolute atomic E-state index is 13.9. The van der Waals surface area contributed by atoms with Gasteiger partial charge in [0.15, 0.2) is 5.82 Å². The van der Waals surface area contributed by atoms with Crippen molar-refractivity contribution < 1.29 is 13.7 Å². The summed E-state index contributed by atoms with van der Waals surface area (Å²) in [6, 6.07) is 2.44. The van der Waals surface area contributed by atoms with E-state index in [9.17, 15) is 18.9 Å². The molecule has 0 atom stereocenters. The summed E-state index contributed by atoms with van der Waals surface area (Å²) in [6.07, 6.45) is 11.7. The number of benzene rings is 1. The first-order valence-corrected chi connectivity index (χ1v) is 10.1. The number of rotatable bonds is 5. The molecule has 0 aromatic heterocycles. The van der Waals surface area contributed by atoms with E-state index in [0.29, 0.717) is 11.5 Å². The third kappa shape index (κ3) is 4.07. The molecular weight excluding hydrogens is 336 g/mol. The highest BCUT2D eigenvalue weighted by Gasteiger charge is 2.34. The Bertz CT molecular complexity index is 633. The van der Waals surface area contributed by atoms with Gasteiger partial charge in [0.1, 0.15) is 0 Å². The van der Waals surface area contributed by atoms with Crippen molar-refractivity contribution in [3.8, 4) is 0 Å². The summed E-state index contributed by atoms with van der Waals surface area (Å²) in [5, 5.41) is 11.2. The van der Waals surface area contributed by atoms with Crippen LogP contribution in [0.5, 0.6) is 0 Å². The van der Waals surface area contributed by atoms with Crippen molar-refractivity contribution in [3.63, 3.8) is 0 Å². The minimum Gasteiger partial charge on any atom is -0.258 e. The second-order valence-corrected chi connectivity index (χ2v) is 8.24. The van der Waals surface area contributed by atoms with Gasteiger partial charge in [0.05, 0.1) is 4.92 Å². The molecule has 0 bridgehead atoms. The SMILES string of the molecule is CCC[C@H]1CC[C@H]([C@H]2CC[C@H](c3ccc(F)c(F)c3[N+](=O)[O-])CC2)CC1. The predicted molar refractivity (Wildman–Crippen MR) is 98.1 cm³/mol. The minimum absolute atomic E-state index is 0.0295. The van der Waals surface area contributed by atoms with Gasteiger partial charge in [0.25, 0.3) is 0 Å². The second kappa shape index (κ2) is 8.45. The molecule has 2 aliphatic carbocycles. The van der Waals surface area contributed by atoms with Crippen molar-refractivity contribution in [1.29, 1.82) is 0 Å². The van der Waals surface area contributed by atoms with E-state index < -0.39 is 22.2 Å². The molecule has 1 aromatic rings. The van der Waals surface area contributed by atoms with Crippen LogP contribution in [0.2, 0.25) is 0 Å². The van der Waals surface area contributed by atoms with Crippen LogP contribution in [0.4, 0.5) is 14.5 Å². The molecule has 0 radical (unpaired) electrons. The molecule has 0 saturated heterocycles. The van der Waals surface area contributed by atoms with E-state index in [2.05, 4.69) is 6.92 Å². The Morgan fingerprint density at radius 1 is 1.00 bits per heavy atom. The first-order valence-electron chi connectivity index (χ1n) is 10.1. The zero-order valence-corrected chi connectivity index (χ0v) is 15.6. The van der Waals surface area contributed by atoms with Crippen molar-refractivity contribution in [2.45, 2.75) is 77.0 Å². The summed E-state index contributed by atoms with van der Waals surface area (Å²) in [5.41, 5.74) is -0.285. The molecule has 0 spiro atoms.